The molecule has 1 heterocycles. The Balaban J connectivity index is 2.43. The van der Waals surface area contributed by atoms with E-state index < -0.39 is 6.10 Å². The van der Waals surface area contributed by atoms with Crippen molar-refractivity contribution in [2.75, 3.05) is 0 Å². The molecule has 0 bridgehead atoms. The predicted molar refractivity (Wildman–Crippen MR) is 82.9 cm³/mol. The number of hydrogen-bond acceptors (Lipinski definition) is 2. The zero-order valence-corrected chi connectivity index (χ0v) is 14.1. The summed E-state index contributed by atoms with van der Waals surface area (Å²) in [6.45, 7) is 0. The van der Waals surface area contributed by atoms with Crippen LogP contribution >= 0.6 is 65.8 Å². The zero-order valence-electron chi connectivity index (χ0n) is 7.95. The molecule has 0 saturated carbocycles. The quantitative estimate of drug-likeness (QED) is 0.611. The molecule has 1 atom stereocenters. The smallest absolute Gasteiger partial charge is 0.107 e. The largest absolute Gasteiger partial charge is 0.384 e. The van der Waals surface area contributed by atoms with E-state index in [1.165, 1.54) is 0 Å². The van der Waals surface area contributed by atoms with Crippen molar-refractivity contribution in [1.29, 1.82) is 0 Å². The zero-order chi connectivity index (χ0) is 11.7. The van der Waals surface area contributed by atoms with Gasteiger partial charge in [0, 0.05) is 9.13 Å². The fourth-order valence-electron chi connectivity index (χ4n) is 1.40. The minimum absolute atomic E-state index is 0.579. The van der Waals surface area contributed by atoms with Crippen LogP contribution in [0.25, 0.3) is 0 Å². The van der Waals surface area contributed by atoms with E-state index in [1.54, 1.807) is 11.3 Å². The van der Waals surface area contributed by atoms with E-state index in [-0.39, 0.29) is 0 Å². The van der Waals surface area contributed by atoms with Crippen LogP contribution in [0.1, 0.15) is 17.2 Å². The lowest BCUT2D eigenvalue weighted by molar-refractivity contribution is 0.219. The van der Waals surface area contributed by atoms with Gasteiger partial charge in [-0.05, 0) is 72.1 Å². The molecule has 0 aliphatic rings. The molecule has 1 aromatic carbocycles. The van der Waals surface area contributed by atoms with Crippen molar-refractivity contribution in [1.82, 2.24) is 0 Å². The average Bonchev–Trinajstić information content (AvgIpc) is 2.58. The molecule has 1 N–H and O–H groups in total. The minimum atomic E-state index is -0.579. The molecule has 0 saturated heterocycles. The van der Waals surface area contributed by atoms with Gasteiger partial charge in [-0.15, -0.1) is 11.3 Å². The van der Waals surface area contributed by atoms with E-state index in [1.807, 2.05) is 30.3 Å². The Morgan fingerprint density at radius 3 is 2.44 bits per heavy atom. The summed E-state index contributed by atoms with van der Waals surface area (Å²) in [4.78, 5) is 0. The van der Waals surface area contributed by atoms with Crippen LogP contribution in [0, 0.1) is 3.57 Å². The highest BCUT2D eigenvalue weighted by molar-refractivity contribution is 14.1. The first-order valence-corrected chi connectivity index (χ1v) is 7.95. The third kappa shape index (κ3) is 2.69. The first-order valence-electron chi connectivity index (χ1n) is 4.47. The molecule has 0 aliphatic carbocycles. The highest BCUT2D eigenvalue weighted by Gasteiger charge is 2.18. The third-order valence-corrected chi connectivity index (χ3v) is 5.55. The molecule has 0 amide bonds. The maximum atomic E-state index is 10.3. The molecular weight excluding hydrogens is 467 g/mol. The molecule has 0 radical (unpaired) electrons. The topological polar surface area (TPSA) is 20.2 Å². The van der Waals surface area contributed by atoms with Gasteiger partial charge in [0.1, 0.15) is 6.10 Å². The molecular formula is C11H7Br2IOS. The van der Waals surface area contributed by atoms with Crippen molar-refractivity contribution in [3.8, 4) is 0 Å². The Morgan fingerprint density at radius 2 is 1.88 bits per heavy atom. The van der Waals surface area contributed by atoms with E-state index in [0.717, 1.165) is 22.3 Å². The molecule has 0 fully saturated rings. The number of halogens is 3. The van der Waals surface area contributed by atoms with E-state index >= 15 is 0 Å². The normalized spacial score (nSPS) is 12.8. The number of rotatable bonds is 2. The predicted octanol–water partition coefficient (Wildman–Crippen LogP) is 4.96. The maximum Gasteiger partial charge on any atom is 0.107 e. The Morgan fingerprint density at radius 1 is 1.19 bits per heavy atom. The summed E-state index contributed by atoms with van der Waals surface area (Å²) in [5.41, 5.74) is 1.84. The van der Waals surface area contributed by atoms with E-state index in [2.05, 4.69) is 54.5 Å². The highest BCUT2D eigenvalue weighted by atomic mass is 127. The van der Waals surface area contributed by atoms with E-state index in [9.17, 15) is 5.11 Å². The Labute approximate surface area is 128 Å². The van der Waals surface area contributed by atoms with Gasteiger partial charge in [0.05, 0.1) is 7.57 Å². The van der Waals surface area contributed by atoms with Crippen LogP contribution in [0.5, 0.6) is 0 Å². The standard InChI is InChI=1S/C11H7Br2IOS/c12-9-5-7(11(13)16-9)10(15)6-3-1-2-4-8(6)14/h1-5,10,15H. The summed E-state index contributed by atoms with van der Waals surface area (Å²) < 4.78 is 3.05. The van der Waals surface area contributed by atoms with Gasteiger partial charge in [-0.1, -0.05) is 18.2 Å². The van der Waals surface area contributed by atoms with Crippen molar-refractivity contribution < 1.29 is 5.11 Å². The van der Waals surface area contributed by atoms with Crippen LogP contribution < -0.4 is 0 Å². The van der Waals surface area contributed by atoms with Crippen molar-refractivity contribution in [3.05, 3.63) is 52.6 Å². The first kappa shape index (κ1) is 13.0. The van der Waals surface area contributed by atoms with Gasteiger partial charge in [0.2, 0.25) is 0 Å². The van der Waals surface area contributed by atoms with Gasteiger partial charge in [-0.3, -0.25) is 0 Å². The second-order valence-electron chi connectivity index (χ2n) is 3.20. The lowest BCUT2D eigenvalue weighted by atomic mass is 10.0. The molecule has 1 unspecified atom stereocenters. The van der Waals surface area contributed by atoms with E-state index in [4.69, 9.17) is 0 Å². The molecule has 1 nitrogen and oxygen atoms in total. The Bertz CT molecular complexity index is 512. The maximum absolute atomic E-state index is 10.3. The van der Waals surface area contributed by atoms with Crippen LogP contribution in [-0.4, -0.2) is 5.11 Å². The number of aliphatic hydroxyl groups is 1. The van der Waals surface area contributed by atoms with Crippen LogP contribution in [0.4, 0.5) is 0 Å². The Hall–Kier alpha value is 0.570. The van der Waals surface area contributed by atoms with Gasteiger partial charge in [-0.25, -0.2) is 0 Å². The summed E-state index contributed by atoms with van der Waals surface area (Å²) in [7, 11) is 0. The first-order chi connectivity index (χ1) is 7.59. The fourth-order valence-corrected chi connectivity index (χ4v) is 4.97. The van der Waals surface area contributed by atoms with Gasteiger partial charge >= 0.3 is 0 Å². The van der Waals surface area contributed by atoms with Gasteiger partial charge in [0.15, 0.2) is 0 Å². The van der Waals surface area contributed by atoms with Crippen molar-refractivity contribution >= 4 is 65.8 Å². The molecule has 0 aliphatic heterocycles. The van der Waals surface area contributed by atoms with Crippen LogP contribution in [-0.2, 0) is 0 Å². The second kappa shape index (κ2) is 5.48. The van der Waals surface area contributed by atoms with Crippen molar-refractivity contribution in [3.63, 3.8) is 0 Å². The summed E-state index contributed by atoms with van der Waals surface area (Å²) in [5, 5.41) is 10.3. The lowest BCUT2D eigenvalue weighted by Gasteiger charge is -2.12. The second-order valence-corrected chi connectivity index (χ2v) is 8.12. The van der Waals surface area contributed by atoms with Crippen molar-refractivity contribution in [2.24, 2.45) is 0 Å². The van der Waals surface area contributed by atoms with Gasteiger partial charge < -0.3 is 5.11 Å². The fraction of sp³-hybridized carbons (Fsp3) is 0.0909. The monoisotopic (exact) mass is 472 g/mol. The van der Waals surface area contributed by atoms with Gasteiger partial charge in [-0.2, -0.15) is 0 Å². The van der Waals surface area contributed by atoms with Gasteiger partial charge in [0.25, 0.3) is 0 Å². The Kier molecular flexibility index (Phi) is 4.45. The summed E-state index contributed by atoms with van der Waals surface area (Å²) >= 11 is 10.7. The van der Waals surface area contributed by atoms with Crippen LogP contribution in [0.3, 0.4) is 0 Å². The molecule has 2 aromatic rings. The molecule has 2 rings (SSSR count). The van der Waals surface area contributed by atoms with E-state index in [0.29, 0.717) is 0 Å². The molecule has 1 aromatic heterocycles. The third-order valence-electron chi connectivity index (χ3n) is 2.18. The lowest BCUT2D eigenvalue weighted by Crippen LogP contribution is -2.00. The molecule has 84 valence electrons. The number of aliphatic hydroxyl groups excluding tert-OH is 1. The summed E-state index contributed by atoms with van der Waals surface area (Å²) in [6, 6.07) is 9.80. The molecule has 16 heavy (non-hydrogen) atoms. The summed E-state index contributed by atoms with van der Waals surface area (Å²) in [5.74, 6) is 0. The van der Waals surface area contributed by atoms with Crippen LogP contribution in [0.2, 0.25) is 0 Å². The molecule has 0 spiro atoms. The summed E-state index contributed by atoms with van der Waals surface area (Å²) in [6.07, 6.45) is -0.579. The average molecular weight is 474 g/mol. The number of hydrogen-bond donors (Lipinski definition) is 1. The van der Waals surface area contributed by atoms with Crippen molar-refractivity contribution in [2.45, 2.75) is 6.10 Å². The molecule has 5 heteroatoms. The van der Waals surface area contributed by atoms with Crippen LogP contribution in [0.15, 0.2) is 37.9 Å². The highest BCUT2D eigenvalue weighted by Crippen LogP contribution is 2.38. The SMILES string of the molecule is OC(c1ccccc1I)c1cc(Br)sc1Br. The number of thiophene rings is 1. The number of benzene rings is 1. The minimum Gasteiger partial charge on any atom is -0.384 e.